The van der Waals surface area contributed by atoms with Crippen LogP contribution in [0.3, 0.4) is 0 Å². The lowest BCUT2D eigenvalue weighted by molar-refractivity contribution is 0.0666. The van der Waals surface area contributed by atoms with Crippen LogP contribution >= 0.6 is 0 Å². The van der Waals surface area contributed by atoms with Crippen LogP contribution in [0.15, 0.2) is 16.0 Å². The minimum atomic E-state index is -1.40. The van der Waals surface area contributed by atoms with Gasteiger partial charge in [0, 0.05) is 0 Å². The molecule has 0 aliphatic rings. The van der Waals surface area contributed by atoms with Gasteiger partial charge in [0.25, 0.3) is 0 Å². The molecule has 1 aromatic rings. The van der Waals surface area contributed by atoms with Crippen LogP contribution in [0.1, 0.15) is 40.5 Å². The van der Waals surface area contributed by atoms with Crippen molar-refractivity contribution in [2.45, 2.75) is 51.7 Å². The Labute approximate surface area is 123 Å². The van der Waals surface area contributed by atoms with Crippen LogP contribution in [0.25, 0.3) is 0 Å². The second-order valence-electron chi connectivity index (χ2n) is 5.36. The lowest BCUT2D eigenvalue weighted by Gasteiger charge is -2.36. The Bertz CT molecular complexity index is 523. The molecule has 0 aliphatic heterocycles. The van der Waals surface area contributed by atoms with Gasteiger partial charge in [0.1, 0.15) is 11.2 Å². The predicted molar refractivity (Wildman–Crippen MR) is 78.4 cm³/mol. The van der Waals surface area contributed by atoms with Gasteiger partial charge in [0.2, 0.25) is 11.6 Å². The van der Waals surface area contributed by atoms with Crippen molar-refractivity contribution in [3.8, 4) is 0 Å². The van der Waals surface area contributed by atoms with Gasteiger partial charge in [-0.3, -0.25) is 5.01 Å². The molecule has 0 amide bonds. The number of nitrogens with two attached hydrogens (primary N) is 3. The number of anilines is 2. The third-order valence-electron chi connectivity index (χ3n) is 3.69. The summed E-state index contributed by atoms with van der Waals surface area (Å²) in [6.45, 7) is 6.58. The molecule has 2 unspecified atom stereocenters. The number of aliphatic hydroxyl groups is 2. The molecule has 0 radical (unpaired) electrons. The summed E-state index contributed by atoms with van der Waals surface area (Å²) in [4.78, 5) is 0. The van der Waals surface area contributed by atoms with Crippen molar-refractivity contribution in [2.24, 2.45) is 11.6 Å². The minimum Gasteiger partial charge on any atom is -0.398 e. The zero-order chi connectivity index (χ0) is 16.4. The number of nitrogen functional groups attached to an aromatic ring is 1. The molecule has 0 saturated carbocycles. The summed E-state index contributed by atoms with van der Waals surface area (Å²) in [7, 11) is 0. The third kappa shape index (κ3) is 3.26. The highest BCUT2D eigenvalue weighted by Gasteiger charge is 2.37. The highest BCUT2D eigenvalue weighted by atomic mass is 16.6. The fraction of sp³-hybridized carbons (Fsp3) is 0.667. The fourth-order valence-corrected chi connectivity index (χ4v) is 1.76. The molecule has 0 fully saturated rings. The van der Waals surface area contributed by atoms with Gasteiger partial charge in [0.05, 0.1) is 11.4 Å². The van der Waals surface area contributed by atoms with Crippen LogP contribution in [0.4, 0.5) is 11.6 Å². The van der Waals surface area contributed by atoms with Crippen LogP contribution in [0, 0.1) is 0 Å². The van der Waals surface area contributed by atoms with Crippen molar-refractivity contribution in [1.82, 2.24) is 10.3 Å². The first kappa shape index (κ1) is 17.2. The first-order valence-electron chi connectivity index (χ1n) is 6.66. The van der Waals surface area contributed by atoms with E-state index < -0.39 is 11.2 Å². The molecule has 21 heavy (non-hydrogen) atoms. The molecule has 2 atom stereocenters. The van der Waals surface area contributed by atoms with E-state index in [1.807, 2.05) is 0 Å². The maximum absolute atomic E-state index is 10.6. The van der Waals surface area contributed by atoms with E-state index in [1.165, 1.54) is 13.8 Å². The summed E-state index contributed by atoms with van der Waals surface area (Å²) in [6, 6.07) is 0. The van der Waals surface area contributed by atoms with E-state index in [9.17, 15) is 10.2 Å². The van der Waals surface area contributed by atoms with Gasteiger partial charge < -0.3 is 21.7 Å². The molecular weight excluding hydrogens is 276 g/mol. The van der Waals surface area contributed by atoms with Crippen molar-refractivity contribution in [1.29, 1.82) is 0 Å². The largest absolute Gasteiger partial charge is 0.398 e. The van der Waals surface area contributed by atoms with Crippen molar-refractivity contribution in [2.75, 3.05) is 10.7 Å². The minimum absolute atomic E-state index is 0.00794. The van der Waals surface area contributed by atoms with Crippen LogP contribution in [0.2, 0.25) is 0 Å². The number of rotatable bonds is 6. The van der Waals surface area contributed by atoms with Crippen LogP contribution in [-0.4, -0.2) is 31.7 Å². The number of aromatic nitrogens is 2. The first-order chi connectivity index (χ1) is 9.58. The van der Waals surface area contributed by atoms with E-state index in [4.69, 9.17) is 17.3 Å². The van der Waals surface area contributed by atoms with E-state index >= 15 is 0 Å². The summed E-state index contributed by atoms with van der Waals surface area (Å²) in [5.74, 6) is 5.94. The standard InChI is InChI=1S/C12H24N6O3/c1-5-11(3,19)7(13)8(12(4,20)6-2)18(15)10-9(14)16-21-17-10/h19-20H,5-6,13,15H2,1-4H3,(H2,14,16)/b8-7-. The molecule has 8 N–H and O–H groups in total. The Kier molecular flexibility index (Phi) is 4.82. The SMILES string of the molecule is CCC(C)(O)/C(N)=C(/N(N)c1nonc1N)C(C)(O)CC. The maximum atomic E-state index is 10.6. The molecule has 120 valence electrons. The van der Waals surface area contributed by atoms with Crippen molar-refractivity contribution < 1.29 is 14.8 Å². The maximum Gasteiger partial charge on any atom is 0.236 e. The number of hydrogen-bond donors (Lipinski definition) is 5. The summed E-state index contributed by atoms with van der Waals surface area (Å²) < 4.78 is 4.50. The average Bonchev–Trinajstić information content (AvgIpc) is 2.84. The van der Waals surface area contributed by atoms with E-state index in [0.29, 0.717) is 12.8 Å². The number of hydrazine groups is 1. The Morgan fingerprint density at radius 1 is 1.19 bits per heavy atom. The normalized spacial score (nSPS) is 18.6. The lowest BCUT2D eigenvalue weighted by Crippen LogP contribution is -2.48. The summed E-state index contributed by atoms with van der Waals surface area (Å²) in [6.07, 6.45) is 0.643. The molecule has 0 saturated heterocycles. The smallest absolute Gasteiger partial charge is 0.236 e. The van der Waals surface area contributed by atoms with Gasteiger partial charge in [-0.2, -0.15) is 0 Å². The Morgan fingerprint density at radius 3 is 2.10 bits per heavy atom. The first-order valence-corrected chi connectivity index (χ1v) is 6.66. The molecule has 9 nitrogen and oxygen atoms in total. The molecular formula is C12H24N6O3. The van der Waals surface area contributed by atoms with E-state index in [1.54, 1.807) is 13.8 Å². The summed E-state index contributed by atoms with van der Waals surface area (Å²) in [5.41, 5.74) is 9.04. The van der Waals surface area contributed by atoms with Gasteiger partial charge in [-0.1, -0.05) is 13.8 Å². The van der Waals surface area contributed by atoms with Crippen LogP contribution in [-0.2, 0) is 0 Å². The molecule has 9 heteroatoms. The molecule has 1 heterocycles. The van der Waals surface area contributed by atoms with Crippen molar-refractivity contribution >= 4 is 11.6 Å². The van der Waals surface area contributed by atoms with Gasteiger partial charge in [-0.15, -0.1) is 0 Å². The quantitative estimate of drug-likeness (QED) is 0.354. The fourth-order valence-electron chi connectivity index (χ4n) is 1.76. The van der Waals surface area contributed by atoms with Crippen molar-refractivity contribution in [3.05, 3.63) is 11.4 Å². The highest BCUT2D eigenvalue weighted by molar-refractivity contribution is 5.60. The molecule has 1 aromatic heterocycles. The summed E-state index contributed by atoms with van der Waals surface area (Å²) >= 11 is 0. The Balaban J connectivity index is 3.48. The highest BCUT2D eigenvalue weighted by Crippen LogP contribution is 2.32. The third-order valence-corrected chi connectivity index (χ3v) is 3.69. The summed E-state index contributed by atoms with van der Waals surface area (Å²) in [5, 5.41) is 29.0. The number of hydrogen-bond acceptors (Lipinski definition) is 9. The van der Waals surface area contributed by atoms with Gasteiger partial charge in [0.15, 0.2) is 0 Å². The predicted octanol–water partition coefficient (Wildman–Crippen LogP) is -0.176. The van der Waals surface area contributed by atoms with E-state index in [2.05, 4.69) is 14.9 Å². The van der Waals surface area contributed by atoms with Crippen LogP contribution < -0.4 is 22.3 Å². The lowest BCUT2D eigenvalue weighted by atomic mass is 9.89. The Morgan fingerprint density at radius 2 is 1.71 bits per heavy atom. The van der Waals surface area contributed by atoms with Gasteiger partial charge in [-0.05, 0) is 37.0 Å². The second-order valence-corrected chi connectivity index (χ2v) is 5.36. The zero-order valence-electron chi connectivity index (χ0n) is 12.8. The van der Waals surface area contributed by atoms with Gasteiger partial charge >= 0.3 is 0 Å². The second kappa shape index (κ2) is 5.88. The topological polar surface area (TPSA) is 161 Å². The van der Waals surface area contributed by atoms with Gasteiger partial charge in [-0.25, -0.2) is 10.5 Å². The van der Waals surface area contributed by atoms with Crippen molar-refractivity contribution in [3.63, 3.8) is 0 Å². The molecule has 0 aliphatic carbocycles. The zero-order valence-corrected chi connectivity index (χ0v) is 12.8. The molecule has 0 spiro atoms. The van der Waals surface area contributed by atoms with Crippen LogP contribution in [0.5, 0.6) is 0 Å². The van der Waals surface area contributed by atoms with E-state index in [-0.39, 0.29) is 23.0 Å². The molecule has 0 aromatic carbocycles. The van der Waals surface area contributed by atoms with E-state index in [0.717, 1.165) is 5.01 Å². The number of nitrogens with zero attached hydrogens (tertiary/aromatic N) is 3. The molecule has 0 bridgehead atoms. The average molecular weight is 300 g/mol. The monoisotopic (exact) mass is 300 g/mol. The Hall–Kier alpha value is -1.84. The molecule has 1 rings (SSSR count).